The number of aliphatic imine (C=N–C) groups is 1. The van der Waals surface area contributed by atoms with Crippen LogP contribution in [-0.2, 0) is 11.3 Å². The third-order valence-electron chi connectivity index (χ3n) is 2.04. The lowest BCUT2D eigenvalue weighted by atomic mass is 10.2. The maximum Gasteiger partial charge on any atom is 0.235 e. The van der Waals surface area contributed by atoms with Gasteiger partial charge in [-0.1, -0.05) is 0 Å². The van der Waals surface area contributed by atoms with Gasteiger partial charge in [0.25, 0.3) is 0 Å². The molecule has 0 radical (unpaired) electrons. The summed E-state index contributed by atoms with van der Waals surface area (Å²) >= 11 is 0. The quantitative estimate of drug-likeness (QED) is 0.553. The second kappa shape index (κ2) is 4.02. The Hall–Kier alpha value is -2.00. The van der Waals surface area contributed by atoms with Crippen LogP contribution in [0.5, 0.6) is 17.2 Å². The van der Waals surface area contributed by atoms with E-state index in [1.54, 1.807) is 19.2 Å². The Bertz CT molecular complexity index is 424. The minimum absolute atomic E-state index is 0.187. The Morgan fingerprint density at radius 1 is 1.53 bits per heavy atom. The molecule has 1 heterocycles. The summed E-state index contributed by atoms with van der Waals surface area (Å²) in [6.45, 7) is 0.447. The molecule has 15 heavy (non-hydrogen) atoms. The van der Waals surface area contributed by atoms with E-state index in [0.717, 1.165) is 5.56 Å². The van der Waals surface area contributed by atoms with Crippen molar-refractivity contribution in [1.82, 2.24) is 0 Å². The molecule has 0 saturated carbocycles. The maximum atomic E-state index is 9.99. The summed E-state index contributed by atoms with van der Waals surface area (Å²) in [5.74, 6) is 1.79. The van der Waals surface area contributed by atoms with Crippen molar-refractivity contribution in [2.45, 2.75) is 6.54 Å². The summed E-state index contributed by atoms with van der Waals surface area (Å²) in [5, 5.41) is 0. The number of hydrogen-bond donors (Lipinski definition) is 0. The van der Waals surface area contributed by atoms with Gasteiger partial charge >= 0.3 is 0 Å². The van der Waals surface area contributed by atoms with Crippen LogP contribution >= 0.6 is 0 Å². The van der Waals surface area contributed by atoms with E-state index < -0.39 is 0 Å². The molecule has 1 aliphatic heterocycles. The van der Waals surface area contributed by atoms with Crippen LogP contribution in [0.1, 0.15) is 5.56 Å². The molecular weight excluding hydrogens is 198 g/mol. The van der Waals surface area contributed by atoms with Gasteiger partial charge < -0.3 is 14.2 Å². The van der Waals surface area contributed by atoms with Gasteiger partial charge in [-0.05, 0) is 17.7 Å². The van der Waals surface area contributed by atoms with E-state index in [2.05, 4.69) is 4.99 Å². The molecule has 5 nitrogen and oxygen atoms in total. The minimum Gasteiger partial charge on any atom is -0.493 e. The number of nitrogens with zero attached hydrogens (tertiary/aromatic N) is 1. The number of isocyanates is 1. The predicted octanol–water partition coefficient (Wildman–Crippen LogP) is 1.26. The molecule has 0 aromatic heterocycles. The highest BCUT2D eigenvalue weighted by molar-refractivity contribution is 5.55. The SMILES string of the molecule is COc1cc(CN=C=O)cc2c1OCO2. The van der Waals surface area contributed by atoms with Gasteiger partial charge in [-0.3, -0.25) is 0 Å². The molecule has 0 bridgehead atoms. The first-order valence-electron chi connectivity index (χ1n) is 4.35. The second-order valence-corrected chi connectivity index (χ2v) is 2.94. The van der Waals surface area contributed by atoms with E-state index in [4.69, 9.17) is 14.2 Å². The number of ether oxygens (including phenoxy) is 3. The van der Waals surface area contributed by atoms with Crippen LogP contribution in [0.25, 0.3) is 0 Å². The van der Waals surface area contributed by atoms with Crippen molar-refractivity contribution in [1.29, 1.82) is 0 Å². The van der Waals surface area contributed by atoms with E-state index in [9.17, 15) is 4.79 Å². The van der Waals surface area contributed by atoms with Crippen LogP contribution in [0.2, 0.25) is 0 Å². The molecule has 0 atom stereocenters. The van der Waals surface area contributed by atoms with Gasteiger partial charge in [-0.25, -0.2) is 9.79 Å². The molecule has 0 fully saturated rings. The van der Waals surface area contributed by atoms with E-state index in [1.165, 1.54) is 6.08 Å². The number of carbonyl (C=O) groups excluding carboxylic acids is 1. The first-order valence-corrected chi connectivity index (χ1v) is 4.35. The average Bonchev–Trinajstić information content (AvgIpc) is 2.73. The molecular formula is C10H9NO4. The second-order valence-electron chi connectivity index (χ2n) is 2.94. The number of methoxy groups -OCH3 is 1. The Morgan fingerprint density at radius 3 is 3.13 bits per heavy atom. The van der Waals surface area contributed by atoms with E-state index >= 15 is 0 Å². The van der Waals surface area contributed by atoms with Crippen LogP contribution in [0.4, 0.5) is 0 Å². The lowest BCUT2D eigenvalue weighted by Gasteiger charge is -2.06. The number of fused-ring (bicyclic) bond motifs is 1. The van der Waals surface area contributed by atoms with Gasteiger partial charge in [-0.2, -0.15) is 0 Å². The topological polar surface area (TPSA) is 57.1 Å². The molecule has 1 aromatic carbocycles. The number of hydrogen-bond acceptors (Lipinski definition) is 5. The third-order valence-corrected chi connectivity index (χ3v) is 2.04. The monoisotopic (exact) mass is 207 g/mol. The summed E-state index contributed by atoms with van der Waals surface area (Å²) < 4.78 is 15.6. The zero-order valence-electron chi connectivity index (χ0n) is 8.15. The van der Waals surface area contributed by atoms with E-state index in [-0.39, 0.29) is 13.3 Å². The first-order chi connectivity index (χ1) is 7.35. The van der Waals surface area contributed by atoms with Crippen LogP contribution in [0.15, 0.2) is 17.1 Å². The summed E-state index contributed by atoms with van der Waals surface area (Å²) in [6.07, 6.45) is 1.48. The standard InChI is InChI=1S/C10H9NO4/c1-13-8-2-7(4-11-5-12)3-9-10(8)15-6-14-9/h2-3H,4,6H2,1H3. The van der Waals surface area contributed by atoms with Gasteiger partial charge in [0.05, 0.1) is 13.7 Å². The number of rotatable bonds is 3. The fourth-order valence-electron chi connectivity index (χ4n) is 1.40. The van der Waals surface area contributed by atoms with Crippen molar-refractivity contribution in [3.05, 3.63) is 17.7 Å². The Kier molecular flexibility index (Phi) is 2.56. The van der Waals surface area contributed by atoms with Crippen molar-refractivity contribution in [2.24, 2.45) is 4.99 Å². The molecule has 1 aromatic rings. The lowest BCUT2D eigenvalue weighted by molar-refractivity contribution is 0.171. The summed E-state index contributed by atoms with van der Waals surface area (Å²) in [7, 11) is 1.55. The van der Waals surface area contributed by atoms with E-state index in [1.807, 2.05) is 0 Å². The Balaban J connectivity index is 2.38. The van der Waals surface area contributed by atoms with Crippen molar-refractivity contribution in [3.8, 4) is 17.2 Å². The Labute approximate surface area is 86.3 Å². The third kappa shape index (κ3) is 1.78. The van der Waals surface area contributed by atoms with Crippen LogP contribution in [0, 0.1) is 0 Å². The van der Waals surface area contributed by atoms with Gasteiger partial charge in [-0.15, -0.1) is 0 Å². The summed E-state index contributed by atoms with van der Waals surface area (Å²) in [4.78, 5) is 13.5. The average molecular weight is 207 g/mol. The van der Waals surface area contributed by atoms with Crippen molar-refractivity contribution >= 4 is 6.08 Å². The summed E-state index contributed by atoms with van der Waals surface area (Å²) in [6, 6.07) is 3.53. The predicted molar refractivity (Wildman–Crippen MR) is 50.9 cm³/mol. The molecule has 0 unspecified atom stereocenters. The van der Waals surface area contributed by atoms with Crippen molar-refractivity contribution in [2.75, 3.05) is 13.9 Å². The molecule has 0 spiro atoms. The smallest absolute Gasteiger partial charge is 0.235 e. The highest BCUT2D eigenvalue weighted by Gasteiger charge is 2.19. The van der Waals surface area contributed by atoms with Gasteiger partial charge in [0.1, 0.15) is 0 Å². The van der Waals surface area contributed by atoms with Gasteiger partial charge in [0.15, 0.2) is 11.5 Å². The van der Waals surface area contributed by atoms with Crippen LogP contribution in [-0.4, -0.2) is 20.0 Å². The van der Waals surface area contributed by atoms with Crippen molar-refractivity contribution < 1.29 is 19.0 Å². The fourth-order valence-corrected chi connectivity index (χ4v) is 1.40. The molecule has 0 aliphatic carbocycles. The van der Waals surface area contributed by atoms with E-state index in [0.29, 0.717) is 17.2 Å². The molecule has 5 heteroatoms. The molecule has 1 aliphatic rings. The molecule has 0 saturated heterocycles. The fraction of sp³-hybridized carbons (Fsp3) is 0.300. The lowest BCUT2D eigenvalue weighted by Crippen LogP contribution is -1.93. The maximum absolute atomic E-state index is 9.99. The summed E-state index contributed by atoms with van der Waals surface area (Å²) in [5.41, 5.74) is 0.819. The van der Waals surface area contributed by atoms with Gasteiger partial charge in [0, 0.05) is 0 Å². The molecule has 78 valence electrons. The zero-order chi connectivity index (χ0) is 10.7. The number of benzene rings is 1. The largest absolute Gasteiger partial charge is 0.493 e. The van der Waals surface area contributed by atoms with Gasteiger partial charge in [0.2, 0.25) is 18.6 Å². The Morgan fingerprint density at radius 2 is 2.40 bits per heavy atom. The molecule has 0 amide bonds. The van der Waals surface area contributed by atoms with Crippen LogP contribution in [0.3, 0.4) is 0 Å². The highest BCUT2D eigenvalue weighted by Crippen LogP contribution is 2.41. The normalized spacial score (nSPS) is 12.1. The van der Waals surface area contributed by atoms with Crippen LogP contribution < -0.4 is 14.2 Å². The van der Waals surface area contributed by atoms with Crippen molar-refractivity contribution in [3.63, 3.8) is 0 Å². The molecule has 0 N–H and O–H groups in total. The molecule has 2 rings (SSSR count). The zero-order valence-corrected chi connectivity index (χ0v) is 8.15. The highest BCUT2D eigenvalue weighted by atomic mass is 16.7. The first kappa shape index (κ1) is 9.55. The minimum atomic E-state index is 0.187.